The molecule has 1 N–H and O–H groups in total. The third-order valence-corrected chi connectivity index (χ3v) is 6.88. The Hall–Kier alpha value is -1.64. The Morgan fingerprint density at radius 3 is 2.73 bits per heavy atom. The van der Waals surface area contributed by atoms with E-state index in [1.54, 1.807) is 13.8 Å². The van der Waals surface area contributed by atoms with Crippen LogP contribution in [0.5, 0.6) is 0 Å². The molecule has 2 heterocycles. The van der Waals surface area contributed by atoms with Gasteiger partial charge in [-0.3, -0.25) is 9.59 Å². The van der Waals surface area contributed by atoms with E-state index in [-0.39, 0.29) is 28.1 Å². The summed E-state index contributed by atoms with van der Waals surface area (Å²) >= 11 is 6.11. The molecule has 0 unspecified atom stereocenters. The Labute approximate surface area is 157 Å². The molecule has 3 rings (SSSR count). The number of rotatable bonds is 4. The number of nitrogens with zero attached hydrogens (tertiary/aromatic N) is 1. The minimum absolute atomic E-state index is 0.0257. The average molecular weight is 401 g/mol. The van der Waals surface area contributed by atoms with E-state index < -0.39 is 27.3 Å². The number of halogens is 1. The van der Waals surface area contributed by atoms with Gasteiger partial charge in [-0.05, 0) is 44.9 Å². The third kappa shape index (κ3) is 3.58. The van der Waals surface area contributed by atoms with Crippen molar-refractivity contribution in [2.24, 2.45) is 5.41 Å². The van der Waals surface area contributed by atoms with Gasteiger partial charge in [0.05, 0.1) is 33.5 Å². The molecule has 9 heteroatoms. The number of hydrogen-bond acceptors (Lipinski definition) is 5. The van der Waals surface area contributed by atoms with Gasteiger partial charge in [0.2, 0.25) is 15.9 Å². The number of anilines is 1. The molecule has 142 valence electrons. The first-order valence-corrected chi connectivity index (χ1v) is 10.4. The Balaban J connectivity index is 1.85. The first kappa shape index (κ1) is 19.1. The van der Waals surface area contributed by atoms with E-state index in [4.69, 9.17) is 16.3 Å². The topological polar surface area (TPSA) is 92.8 Å². The van der Waals surface area contributed by atoms with Crippen LogP contribution < -0.4 is 9.62 Å². The highest BCUT2D eigenvalue weighted by Gasteiger charge is 2.50. The minimum Gasteiger partial charge on any atom is -0.376 e. The lowest BCUT2D eigenvalue weighted by Crippen LogP contribution is -2.34. The fourth-order valence-electron chi connectivity index (χ4n) is 3.18. The summed E-state index contributed by atoms with van der Waals surface area (Å²) in [6.45, 7) is 4.20. The summed E-state index contributed by atoms with van der Waals surface area (Å²) in [6.07, 6.45) is 1.81. The number of ether oxygens (including phenoxy) is 1. The van der Waals surface area contributed by atoms with Crippen LogP contribution in [0.4, 0.5) is 5.69 Å². The highest BCUT2D eigenvalue weighted by Crippen LogP contribution is 2.36. The van der Waals surface area contributed by atoms with E-state index in [2.05, 4.69) is 5.32 Å². The van der Waals surface area contributed by atoms with Crippen LogP contribution in [0.15, 0.2) is 18.2 Å². The summed E-state index contributed by atoms with van der Waals surface area (Å²) in [5.41, 5.74) is -0.775. The average Bonchev–Trinajstić information content (AvgIpc) is 3.11. The standard InChI is InChI=1S/C17H21ClN2O5S/c1-17(2)10-26(23,24)20(16(17)22)11-5-6-14(18)13(8-11)15(21)19-9-12-4-3-7-25-12/h5-6,8,12H,3-4,7,9-10H2,1-2H3,(H,19,21)/t12-/m1/s1. The minimum atomic E-state index is -3.79. The van der Waals surface area contributed by atoms with Crippen LogP contribution in [0, 0.1) is 5.41 Å². The van der Waals surface area contributed by atoms with E-state index in [1.165, 1.54) is 18.2 Å². The van der Waals surface area contributed by atoms with Gasteiger partial charge in [-0.2, -0.15) is 0 Å². The predicted octanol–water partition coefficient (Wildman–Crippen LogP) is 1.95. The quantitative estimate of drug-likeness (QED) is 0.833. The van der Waals surface area contributed by atoms with Crippen molar-refractivity contribution in [1.82, 2.24) is 5.32 Å². The largest absolute Gasteiger partial charge is 0.376 e. The SMILES string of the molecule is CC1(C)CS(=O)(=O)N(c2ccc(Cl)c(C(=O)NC[C@H]3CCCO3)c2)C1=O. The van der Waals surface area contributed by atoms with Gasteiger partial charge in [0.15, 0.2) is 0 Å². The molecule has 1 aromatic carbocycles. The zero-order chi connectivity index (χ0) is 19.1. The van der Waals surface area contributed by atoms with Crippen molar-refractivity contribution in [3.63, 3.8) is 0 Å². The fraction of sp³-hybridized carbons (Fsp3) is 0.529. The first-order valence-electron chi connectivity index (χ1n) is 8.39. The van der Waals surface area contributed by atoms with Crippen LogP contribution in [0.25, 0.3) is 0 Å². The maximum Gasteiger partial charge on any atom is 0.252 e. The number of nitrogens with one attached hydrogen (secondary N) is 1. The zero-order valence-electron chi connectivity index (χ0n) is 14.6. The molecule has 2 amide bonds. The normalized spacial score (nSPS) is 24.0. The van der Waals surface area contributed by atoms with E-state index >= 15 is 0 Å². The molecule has 0 aromatic heterocycles. The van der Waals surface area contributed by atoms with E-state index in [0.717, 1.165) is 17.1 Å². The second-order valence-electron chi connectivity index (χ2n) is 7.22. The van der Waals surface area contributed by atoms with Gasteiger partial charge in [0.25, 0.3) is 5.91 Å². The van der Waals surface area contributed by atoms with Crippen molar-refractivity contribution in [3.8, 4) is 0 Å². The monoisotopic (exact) mass is 400 g/mol. The van der Waals surface area contributed by atoms with Crippen molar-refractivity contribution < 1.29 is 22.7 Å². The summed E-state index contributed by atoms with van der Waals surface area (Å²) in [5.74, 6) is -1.23. The fourth-order valence-corrected chi connectivity index (χ4v) is 5.48. The van der Waals surface area contributed by atoms with Gasteiger partial charge in [-0.25, -0.2) is 12.7 Å². The molecule has 2 saturated heterocycles. The molecule has 1 aromatic rings. The molecule has 0 saturated carbocycles. The van der Waals surface area contributed by atoms with Crippen molar-refractivity contribution in [3.05, 3.63) is 28.8 Å². The second-order valence-corrected chi connectivity index (χ2v) is 9.44. The van der Waals surface area contributed by atoms with Crippen LogP contribution >= 0.6 is 11.6 Å². The van der Waals surface area contributed by atoms with Crippen LogP contribution in [0.2, 0.25) is 5.02 Å². The van der Waals surface area contributed by atoms with Crippen LogP contribution in [0.1, 0.15) is 37.0 Å². The van der Waals surface area contributed by atoms with Gasteiger partial charge in [0, 0.05) is 13.2 Å². The maximum atomic E-state index is 12.5. The predicted molar refractivity (Wildman–Crippen MR) is 97.8 cm³/mol. The third-order valence-electron chi connectivity index (χ3n) is 4.53. The lowest BCUT2D eigenvalue weighted by molar-refractivity contribution is -0.123. The van der Waals surface area contributed by atoms with Crippen molar-refractivity contribution in [1.29, 1.82) is 0 Å². The molecule has 1 atom stereocenters. The van der Waals surface area contributed by atoms with Crippen LogP contribution in [0.3, 0.4) is 0 Å². The molecule has 26 heavy (non-hydrogen) atoms. The van der Waals surface area contributed by atoms with E-state index in [0.29, 0.717) is 13.2 Å². The number of carbonyl (C=O) groups is 2. The number of benzene rings is 1. The molecule has 0 aliphatic carbocycles. The molecule has 0 bridgehead atoms. The number of amides is 2. The summed E-state index contributed by atoms with van der Waals surface area (Å²) in [4.78, 5) is 25.0. The molecular formula is C17H21ClN2O5S. The summed E-state index contributed by atoms with van der Waals surface area (Å²) in [5, 5.41) is 2.93. The highest BCUT2D eigenvalue weighted by molar-refractivity contribution is 7.94. The molecule has 2 aliphatic heterocycles. The van der Waals surface area contributed by atoms with Crippen molar-refractivity contribution in [2.45, 2.75) is 32.8 Å². The first-order chi connectivity index (χ1) is 12.1. The molecule has 7 nitrogen and oxygen atoms in total. The van der Waals surface area contributed by atoms with Gasteiger partial charge in [-0.15, -0.1) is 0 Å². The number of hydrogen-bond donors (Lipinski definition) is 1. The van der Waals surface area contributed by atoms with Gasteiger partial charge < -0.3 is 10.1 Å². The Bertz CT molecular complexity index is 847. The van der Waals surface area contributed by atoms with Gasteiger partial charge in [0.1, 0.15) is 0 Å². The summed E-state index contributed by atoms with van der Waals surface area (Å²) < 4.78 is 31.0. The number of sulfonamides is 1. The summed E-state index contributed by atoms with van der Waals surface area (Å²) in [6, 6.07) is 4.19. The highest BCUT2D eigenvalue weighted by atomic mass is 35.5. The smallest absolute Gasteiger partial charge is 0.252 e. The van der Waals surface area contributed by atoms with Crippen LogP contribution in [-0.2, 0) is 19.6 Å². The molecule has 2 fully saturated rings. The summed E-state index contributed by atoms with van der Waals surface area (Å²) in [7, 11) is -3.79. The zero-order valence-corrected chi connectivity index (χ0v) is 16.2. The Morgan fingerprint density at radius 1 is 1.42 bits per heavy atom. The number of carbonyl (C=O) groups excluding carboxylic acids is 2. The van der Waals surface area contributed by atoms with E-state index in [1.807, 2.05) is 0 Å². The molecule has 0 radical (unpaired) electrons. The van der Waals surface area contributed by atoms with Gasteiger partial charge >= 0.3 is 0 Å². The Morgan fingerprint density at radius 2 is 2.15 bits per heavy atom. The molecule has 0 spiro atoms. The van der Waals surface area contributed by atoms with Crippen molar-refractivity contribution in [2.75, 3.05) is 23.2 Å². The maximum absolute atomic E-state index is 12.5. The lowest BCUT2D eigenvalue weighted by atomic mass is 9.95. The second kappa shape index (κ2) is 6.83. The molecule has 2 aliphatic rings. The lowest BCUT2D eigenvalue weighted by Gasteiger charge is -2.19. The van der Waals surface area contributed by atoms with E-state index in [9.17, 15) is 18.0 Å². The molecular weight excluding hydrogens is 380 g/mol. The van der Waals surface area contributed by atoms with Crippen LogP contribution in [-0.4, -0.2) is 45.2 Å². The van der Waals surface area contributed by atoms with Gasteiger partial charge in [-0.1, -0.05) is 11.6 Å². The van der Waals surface area contributed by atoms with Crippen molar-refractivity contribution >= 4 is 39.1 Å². The Kier molecular flexibility index (Phi) is 5.02.